The summed E-state index contributed by atoms with van der Waals surface area (Å²) < 4.78 is 171. The third kappa shape index (κ3) is 8.61. The molecule has 2 saturated heterocycles. The van der Waals surface area contributed by atoms with E-state index in [1.54, 1.807) is 60.7 Å². The van der Waals surface area contributed by atoms with E-state index in [1.807, 2.05) is 0 Å². The molecule has 70 heavy (non-hydrogen) atoms. The minimum absolute atomic E-state index is 0.00740. The molecule has 8 nitrogen and oxygen atoms in total. The number of fused-ring (bicyclic) bond motifs is 2. The standard InChI is InChI=1S/C50H32F12N8/c51-47(52,53)31-15-7-19-35(23-31)67-27-39(29-11-3-1-4-12-29)69(37-21-9-17-33(25-37)49(57,58)59)45-43(67)63-41(65-45)42-64-44-46(66-42)70(38-22-10-18-34(26-38)50(60,61)62)40(30-13-5-2-6-14-30)28-68(44)36-20-8-16-32(24-36)48(54,55)56/h1-26,39-40H,27-28H2/b42-41+. The SMILES string of the molecule is FC(F)(F)c1cccc(N2CC(c3ccccc3)N(c3cccc(C(F)(F)F)c3)C3=N/C(=C4\N=C5C(=N4)N(c4cccc(C(F)(F)F)c4)C(c4ccccc4)CN5c4cccc(C(F)(F)F)c4)N=C32)c1. The maximum absolute atomic E-state index is 14.3. The monoisotopic (exact) mass is 972 g/mol. The molecule has 4 heterocycles. The van der Waals surface area contributed by atoms with Crippen LogP contribution >= 0.6 is 0 Å². The lowest BCUT2D eigenvalue weighted by Gasteiger charge is -2.43. The molecule has 2 unspecified atom stereocenters. The van der Waals surface area contributed by atoms with Crippen molar-refractivity contribution in [1.82, 2.24) is 0 Å². The minimum atomic E-state index is -4.79. The highest BCUT2D eigenvalue weighted by Gasteiger charge is 2.46. The number of rotatable bonds is 6. The van der Waals surface area contributed by atoms with Gasteiger partial charge in [0.2, 0.25) is 11.6 Å². The van der Waals surface area contributed by atoms with Crippen LogP contribution in [0.25, 0.3) is 0 Å². The highest BCUT2D eigenvalue weighted by molar-refractivity contribution is 6.53. The quantitative estimate of drug-likeness (QED) is 0.156. The van der Waals surface area contributed by atoms with Crippen molar-refractivity contribution in [3.05, 3.63) is 203 Å². The molecule has 20 heteroatoms. The Morgan fingerprint density at radius 1 is 0.329 bits per heavy atom. The molecule has 0 amide bonds. The van der Waals surface area contributed by atoms with Gasteiger partial charge in [0.1, 0.15) is 0 Å². The molecule has 0 radical (unpaired) electrons. The molecule has 0 saturated carbocycles. The topological polar surface area (TPSA) is 62.4 Å². The van der Waals surface area contributed by atoms with E-state index in [1.165, 1.54) is 68.1 Å². The predicted octanol–water partition coefficient (Wildman–Crippen LogP) is 13.3. The van der Waals surface area contributed by atoms with Gasteiger partial charge < -0.3 is 19.6 Å². The first-order chi connectivity index (χ1) is 33.2. The summed E-state index contributed by atoms with van der Waals surface area (Å²) in [5.74, 6) is -1.11. The first-order valence-corrected chi connectivity index (χ1v) is 21.2. The lowest BCUT2D eigenvalue weighted by molar-refractivity contribution is -0.138. The van der Waals surface area contributed by atoms with Crippen LogP contribution in [0.3, 0.4) is 0 Å². The molecule has 0 N–H and O–H groups in total. The molecule has 2 fully saturated rings. The summed E-state index contributed by atoms with van der Waals surface area (Å²) in [6, 6.07) is 32.5. The van der Waals surface area contributed by atoms with Gasteiger partial charge in [-0.2, -0.15) is 52.7 Å². The van der Waals surface area contributed by atoms with Crippen molar-refractivity contribution in [2.75, 3.05) is 32.7 Å². The summed E-state index contributed by atoms with van der Waals surface area (Å²) in [7, 11) is 0. The van der Waals surface area contributed by atoms with Crippen molar-refractivity contribution in [3.63, 3.8) is 0 Å². The van der Waals surface area contributed by atoms with Crippen molar-refractivity contribution in [2.24, 2.45) is 20.0 Å². The smallest absolute Gasteiger partial charge is 0.321 e. The van der Waals surface area contributed by atoms with Crippen molar-refractivity contribution >= 4 is 46.1 Å². The number of nitrogens with zero attached hydrogens (tertiary/aromatic N) is 8. The maximum atomic E-state index is 14.3. The van der Waals surface area contributed by atoms with Crippen LogP contribution in [-0.2, 0) is 24.7 Å². The normalized spacial score (nSPS) is 19.7. The van der Waals surface area contributed by atoms with Gasteiger partial charge in [0.25, 0.3) is 0 Å². The molecule has 10 rings (SSSR count). The number of hydrogen-bond acceptors (Lipinski definition) is 8. The Kier molecular flexibility index (Phi) is 11.1. The summed E-state index contributed by atoms with van der Waals surface area (Å²) >= 11 is 0. The van der Waals surface area contributed by atoms with E-state index in [4.69, 9.17) is 20.0 Å². The Morgan fingerprint density at radius 2 is 0.614 bits per heavy atom. The van der Waals surface area contributed by atoms with Crippen molar-refractivity contribution in [1.29, 1.82) is 0 Å². The van der Waals surface area contributed by atoms with E-state index in [0.29, 0.717) is 11.1 Å². The fourth-order valence-corrected chi connectivity index (χ4v) is 8.80. The van der Waals surface area contributed by atoms with Crippen LogP contribution < -0.4 is 19.6 Å². The second-order valence-corrected chi connectivity index (χ2v) is 16.4. The Hall–Kier alpha value is -7.90. The second-order valence-electron chi connectivity index (χ2n) is 16.4. The largest absolute Gasteiger partial charge is 0.416 e. The van der Waals surface area contributed by atoms with Crippen LogP contribution in [0.15, 0.2) is 189 Å². The van der Waals surface area contributed by atoms with Crippen LogP contribution in [0, 0.1) is 0 Å². The summed E-state index contributed by atoms with van der Waals surface area (Å²) in [5.41, 5.74) is -3.01. The van der Waals surface area contributed by atoms with Crippen molar-refractivity contribution in [3.8, 4) is 0 Å². The van der Waals surface area contributed by atoms with Crippen LogP contribution in [0.5, 0.6) is 0 Å². The highest BCUT2D eigenvalue weighted by atomic mass is 19.4. The first kappa shape index (κ1) is 45.9. The molecule has 0 bridgehead atoms. The van der Waals surface area contributed by atoms with Gasteiger partial charge in [0.15, 0.2) is 23.3 Å². The number of aliphatic imine (C=N–C) groups is 4. The van der Waals surface area contributed by atoms with Gasteiger partial charge in [-0.3, -0.25) is 0 Å². The summed E-state index contributed by atoms with van der Waals surface area (Å²) in [6.07, 6.45) is -19.1. The van der Waals surface area contributed by atoms with Gasteiger partial charge in [-0.1, -0.05) is 84.9 Å². The Morgan fingerprint density at radius 3 is 0.929 bits per heavy atom. The van der Waals surface area contributed by atoms with Crippen LogP contribution in [-0.4, -0.2) is 36.4 Å². The zero-order valence-corrected chi connectivity index (χ0v) is 35.7. The van der Waals surface area contributed by atoms with Crippen LogP contribution in [0.1, 0.15) is 45.5 Å². The molecule has 0 aromatic heterocycles. The number of amidine groups is 4. The van der Waals surface area contributed by atoms with Crippen molar-refractivity contribution in [2.45, 2.75) is 36.8 Å². The lowest BCUT2D eigenvalue weighted by atomic mass is 9.99. The molecule has 4 aliphatic rings. The minimum Gasteiger partial charge on any atom is -0.321 e. The van der Waals surface area contributed by atoms with Crippen molar-refractivity contribution < 1.29 is 52.7 Å². The highest BCUT2D eigenvalue weighted by Crippen LogP contribution is 2.44. The second kappa shape index (κ2) is 17.0. The van der Waals surface area contributed by atoms with E-state index in [2.05, 4.69) is 0 Å². The summed E-state index contributed by atoms with van der Waals surface area (Å²) in [4.78, 5) is 25.0. The molecule has 2 atom stereocenters. The van der Waals surface area contributed by atoms with Gasteiger partial charge in [-0.15, -0.1) is 0 Å². The van der Waals surface area contributed by atoms with Crippen LogP contribution in [0.4, 0.5) is 75.4 Å². The van der Waals surface area contributed by atoms with Gasteiger partial charge >= 0.3 is 24.7 Å². The Bertz CT molecular complexity index is 2950. The van der Waals surface area contributed by atoms with Gasteiger partial charge in [0, 0.05) is 35.8 Å². The molecular weight excluding hydrogens is 941 g/mol. The Balaban J connectivity index is 1.22. The van der Waals surface area contributed by atoms with Crippen LogP contribution in [0.2, 0.25) is 0 Å². The van der Waals surface area contributed by atoms with Gasteiger partial charge in [0.05, 0.1) is 34.3 Å². The third-order valence-electron chi connectivity index (χ3n) is 12.0. The summed E-state index contributed by atoms with van der Waals surface area (Å²) in [5, 5.41) is 0. The van der Waals surface area contributed by atoms with Gasteiger partial charge in [-0.05, 0) is 83.9 Å². The molecule has 4 aliphatic heterocycles. The fourth-order valence-electron chi connectivity index (χ4n) is 8.80. The summed E-state index contributed by atoms with van der Waals surface area (Å²) in [6.45, 7) is -0.368. The van der Waals surface area contributed by atoms with E-state index in [-0.39, 0.29) is 70.8 Å². The number of halogens is 12. The average Bonchev–Trinajstić information content (AvgIpc) is 3.99. The van der Waals surface area contributed by atoms with Gasteiger partial charge in [-0.25, -0.2) is 20.0 Å². The number of alkyl halides is 12. The lowest BCUT2D eigenvalue weighted by Crippen LogP contribution is -2.55. The fraction of sp³-hybridized carbons (Fsp3) is 0.160. The van der Waals surface area contributed by atoms with E-state index in [0.717, 1.165) is 48.5 Å². The molecular formula is C50H32F12N8. The number of benzene rings is 6. The molecule has 0 spiro atoms. The van der Waals surface area contributed by atoms with E-state index in [9.17, 15) is 52.7 Å². The number of anilines is 4. The predicted molar refractivity (Wildman–Crippen MR) is 241 cm³/mol. The first-order valence-electron chi connectivity index (χ1n) is 21.2. The molecule has 6 aromatic rings. The molecule has 0 aliphatic carbocycles. The number of piperazine rings is 2. The van der Waals surface area contributed by atoms with E-state index >= 15 is 0 Å². The zero-order valence-electron chi connectivity index (χ0n) is 35.7. The van der Waals surface area contributed by atoms with E-state index < -0.39 is 59.0 Å². The molecule has 356 valence electrons. The third-order valence-corrected chi connectivity index (χ3v) is 12.0. The maximum Gasteiger partial charge on any atom is 0.416 e. The molecule has 6 aromatic carbocycles. The Labute approximate surface area is 390 Å². The zero-order chi connectivity index (χ0) is 49.3. The average molecular weight is 973 g/mol. The number of hydrogen-bond donors (Lipinski definition) is 0.